The minimum Gasteiger partial charge on any atom is -0.406 e. The number of hydrogen-bond acceptors (Lipinski definition) is 1. The lowest BCUT2D eigenvalue weighted by molar-refractivity contribution is -0.274. The molecule has 0 spiro atoms. The summed E-state index contributed by atoms with van der Waals surface area (Å²) >= 11 is 5.37. The van der Waals surface area contributed by atoms with Crippen LogP contribution in [0.5, 0.6) is 5.75 Å². The average molecular weight is 196 g/mol. The van der Waals surface area contributed by atoms with Gasteiger partial charge in [-0.05, 0) is 18.2 Å². The summed E-state index contributed by atoms with van der Waals surface area (Å²) in [4.78, 5) is 0. The first-order valence-electron chi connectivity index (χ1n) is 2.90. The Labute approximate surface area is 71.7 Å². The fraction of sp³-hybridized carbons (Fsp3) is 0.143. The Balaban J connectivity index is 2.77. The van der Waals surface area contributed by atoms with Crippen LogP contribution in [0.25, 0.3) is 0 Å². The third-order valence-electron chi connectivity index (χ3n) is 0.971. The first kappa shape index (κ1) is 9.19. The standard InChI is InChI=1S/C7H3ClF3O/c8-5-2-1-3-6(4-5)12-7(9,10)11/h1,3-4H. The molecule has 0 saturated carbocycles. The minimum atomic E-state index is -4.68. The number of rotatable bonds is 1. The van der Waals surface area contributed by atoms with Crippen LogP contribution in [-0.4, -0.2) is 6.36 Å². The van der Waals surface area contributed by atoms with Crippen LogP contribution in [-0.2, 0) is 0 Å². The molecule has 1 radical (unpaired) electrons. The van der Waals surface area contributed by atoms with E-state index in [1.807, 2.05) is 0 Å². The monoisotopic (exact) mass is 195 g/mol. The van der Waals surface area contributed by atoms with E-state index < -0.39 is 6.36 Å². The van der Waals surface area contributed by atoms with E-state index in [0.717, 1.165) is 12.1 Å². The van der Waals surface area contributed by atoms with Crippen LogP contribution >= 0.6 is 11.6 Å². The summed E-state index contributed by atoms with van der Waals surface area (Å²) in [5, 5.41) is 0.0803. The molecular formula is C7H3ClF3O. The van der Waals surface area contributed by atoms with Crippen molar-refractivity contribution in [1.29, 1.82) is 0 Å². The normalized spacial score (nSPS) is 11.3. The molecule has 1 aromatic carbocycles. The molecule has 0 saturated heterocycles. The van der Waals surface area contributed by atoms with Crippen LogP contribution in [0.15, 0.2) is 18.2 Å². The fourth-order valence-corrected chi connectivity index (χ4v) is 0.786. The second-order valence-electron chi connectivity index (χ2n) is 1.92. The molecule has 5 heteroatoms. The maximum Gasteiger partial charge on any atom is 0.573 e. The molecule has 0 aliphatic rings. The molecule has 0 fully saturated rings. The molecule has 0 bridgehead atoms. The van der Waals surface area contributed by atoms with Crippen LogP contribution < -0.4 is 4.74 Å². The van der Waals surface area contributed by atoms with Crippen molar-refractivity contribution in [2.75, 3.05) is 0 Å². The van der Waals surface area contributed by atoms with Crippen molar-refractivity contribution in [1.82, 2.24) is 0 Å². The minimum absolute atomic E-state index is 0.0803. The van der Waals surface area contributed by atoms with E-state index in [2.05, 4.69) is 10.8 Å². The Kier molecular flexibility index (Phi) is 2.47. The highest BCUT2D eigenvalue weighted by atomic mass is 35.5. The van der Waals surface area contributed by atoms with Gasteiger partial charge in [-0.2, -0.15) is 0 Å². The van der Waals surface area contributed by atoms with Crippen LogP contribution in [0, 0.1) is 6.07 Å². The summed E-state index contributed by atoms with van der Waals surface area (Å²) in [6, 6.07) is 5.89. The quantitative estimate of drug-likeness (QED) is 0.669. The highest BCUT2D eigenvalue weighted by Crippen LogP contribution is 2.24. The van der Waals surface area contributed by atoms with Crippen LogP contribution in [0.4, 0.5) is 13.2 Å². The van der Waals surface area contributed by atoms with E-state index in [4.69, 9.17) is 11.6 Å². The topological polar surface area (TPSA) is 9.23 Å². The summed E-state index contributed by atoms with van der Waals surface area (Å²) in [5.74, 6) is -0.341. The van der Waals surface area contributed by atoms with E-state index in [9.17, 15) is 13.2 Å². The molecule has 0 aliphatic heterocycles. The fourth-order valence-electron chi connectivity index (χ4n) is 0.615. The summed E-state index contributed by atoms with van der Waals surface area (Å²) in [7, 11) is 0. The average Bonchev–Trinajstić information content (AvgIpc) is 1.82. The van der Waals surface area contributed by atoms with Crippen molar-refractivity contribution in [3.05, 3.63) is 29.3 Å². The molecule has 0 amide bonds. The maximum atomic E-state index is 11.6. The molecule has 0 atom stereocenters. The van der Waals surface area contributed by atoms with E-state index in [0.29, 0.717) is 0 Å². The van der Waals surface area contributed by atoms with E-state index in [1.165, 1.54) is 6.07 Å². The largest absolute Gasteiger partial charge is 0.573 e. The molecule has 0 heterocycles. The Morgan fingerprint density at radius 3 is 2.58 bits per heavy atom. The lowest BCUT2D eigenvalue weighted by atomic mass is 10.3. The van der Waals surface area contributed by atoms with E-state index >= 15 is 0 Å². The molecular weight excluding hydrogens is 193 g/mol. The summed E-state index contributed by atoms with van der Waals surface area (Å²) < 4.78 is 38.4. The van der Waals surface area contributed by atoms with Crippen molar-refractivity contribution in [3.8, 4) is 5.75 Å². The van der Waals surface area contributed by atoms with Gasteiger partial charge in [0.2, 0.25) is 0 Å². The zero-order chi connectivity index (χ0) is 9.19. The zero-order valence-corrected chi connectivity index (χ0v) is 6.41. The van der Waals surface area contributed by atoms with Crippen molar-refractivity contribution in [3.63, 3.8) is 0 Å². The molecule has 0 unspecified atom stereocenters. The molecule has 0 aromatic heterocycles. The van der Waals surface area contributed by atoms with Crippen molar-refractivity contribution in [2.45, 2.75) is 6.36 Å². The molecule has 0 N–H and O–H groups in total. The van der Waals surface area contributed by atoms with E-state index in [1.54, 1.807) is 0 Å². The van der Waals surface area contributed by atoms with E-state index in [-0.39, 0.29) is 10.8 Å². The molecule has 65 valence electrons. The van der Waals surface area contributed by atoms with Crippen molar-refractivity contribution in [2.24, 2.45) is 0 Å². The van der Waals surface area contributed by atoms with Gasteiger partial charge in [0.15, 0.2) is 0 Å². The van der Waals surface area contributed by atoms with Gasteiger partial charge in [0, 0.05) is 6.07 Å². The maximum absolute atomic E-state index is 11.6. The van der Waals surface area contributed by atoms with Crippen LogP contribution in [0.3, 0.4) is 0 Å². The third kappa shape index (κ3) is 3.00. The SMILES string of the molecule is FC(F)(F)Oc1cc[c]c(Cl)c1. The number of alkyl halides is 3. The lowest BCUT2D eigenvalue weighted by Gasteiger charge is -2.07. The van der Waals surface area contributed by atoms with Crippen LogP contribution in [0.1, 0.15) is 0 Å². The predicted molar refractivity (Wildman–Crippen MR) is 37.0 cm³/mol. The second-order valence-corrected chi connectivity index (χ2v) is 2.33. The van der Waals surface area contributed by atoms with Gasteiger partial charge in [0.25, 0.3) is 0 Å². The number of ether oxygens (including phenoxy) is 1. The van der Waals surface area contributed by atoms with Gasteiger partial charge in [0.1, 0.15) is 5.75 Å². The van der Waals surface area contributed by atoms with Gasteiger partial charge in [-0.15, -0.1) is 13.2 Å². The Morgan fingerprint density at radius 1 is 1.42 bits per heavy atom. The number of benzene rings is 1. The third-order valence-corrected chi connectivity index (χ3v) is 1.19. The second kappa shape index (κ2) is 3.23. The Morgan fingerprint density at radius 2 is 2.08 bits per heavy atom. The Bertz CT molecular complexity index is 272. The molecule has 12 heavy (non-hydrogen) atoms. The highest BCUT2D eigenvalue weighted by Gasteiger charge is 2.30. The van der Waals surface area contributed by atoms with Gasteiger partial charge >= 0.3 is 6.36 Å². The van der Waals surface area contributed by atoms with Gasteiger partial charge < -0.3 is 4.74 Å². The molecule has 0 aliphatic carbocycles. The molecule has 1 nitrogen and oxygen atoms in total. The van der Waals surface area contributed by atoms with Crippen LogP contribution in [0.2, 0.25) is 5.02 Å². The number of hydrogen-bond donors (Lipinski definition) is 0. The molecule has 1 aromatic rings. The van der Waals surface area contributed by atoms with Crippen molar-refractivity contribution >= 4 is 11.6 Å². The van der Waals surface area contributed by atoms with Gasteiger partial charge in [-0.25, -0.2) is 0 Å². The first-order valence-corrected chi connectivity index (χ1v) is 3.28. The van der Waals surface area contributed by atoms with Gasteiger partial charge in [0.05, 0.1) is 5.02 Å². The zero-order valence-electron chi connectivity index (χ0n) is 5.65. The summed E-state index contributed by atoms with van der Waals surface area (Å²) in [5.41, 5.74) is 0. The van der Waals surface area contributed by atoms with Crippen molar-refractivity contribution < 1.29 is 17.9 Å². The predicted octanol–water partition coefficient (Wildman–Crippen LogP) is 3.04. The number of halogens is 4. The lowest BCUT2D eigenvalue weighted by Crippen LogP contribution is -2.16. The highest BCUT2D eigenvalue weighted by molar-refractivity contribution is 6.30. The van der Waals surface area contributed by atoms with Gasteiger partial charge in [-0.1, -0.05) is 11.6 Å². The Hall–Kier alpha value is -0.900. The van der Waals surface area contributed by atoms with Gasteiger partial charge in [-0.3, -0.25) is 0 Å². The summed E-state index contributed by atoms with van der Waals surface area (Å²) in [6.45, 7) is 0. The smallest absolute Gasteiger partial charge is 0.406 e. The summed E-state index contributed by atoms with van der Waals surface area (Å²) in [6.07, 6.45) is -4.68. The molecule has 1 rings (SSSR count). The first-order chi connectivity index (χ1) is 5.47.